The number of anilines is 6. The zero-order chi connectivity index (χ0) is 44.7. The minimum atomic E-state index is -0.411. The first-order valence-corrected chi connectivity index (χ1v) is 22.7. The lowest BCUT2D eigenvalue weighted by Crippen LogP contribution is -2.36. The van der Waals surface area contributed by atoms with Gasteiger partial charge >= 0.3 is 0 Å². The van der Waals surface area contributed by atoms with Gasteiger partial charge in [-0.15, -0.1) is 0 Å². The van der Waals surface area contributed by atoms with Gasteiger partial charge < -0.3 is 18.8 Å². The van der Waals surface area contributed by atoms with Gasteiger partial charge in [0.25, 0.3) is 0 Å². The molecule has 0 fully saturated rings. The van der Waals surface area contributed by atoms with Gasteiger partial charge in [-0.2, -0.15) is 0 Å². The Bertz CT molecular complexity index is 3500. The summed E-state index contributed by atoms with van der Waals surface area (Å²) in [6, 6.07) is 75.0. The zero-order valence-corrected chi connectivity index (χ0v) is 37.4. The van der Waals surface area contributed by atoms with Crippen LogP contribution in [0.1, 0.15) is 49.9 Å². The van der Waals surface area contributed by atoms with Crippen LogP contribution in [-0.4, -0.2) is 4.57 Å². The fourth-order valence-corrected chi connectivity index (χ4v) is 10.7. The van der Waals surface area contributed by atoms with E-state index in [1.54, 1.807) is 0 Å². The van der Waals surface area contributed by atoms with Gasteiger partial charge in [0.2, 0.25) is 5.43 Å². The van der Waals surface area contributed by atoms with E-state index in [4.69, 9.17) is 4.42 Å². The highest BCUT2D eigenvalue weighted by atomic mass is 16.3. The molecule has 5 heteroatoms. The Morgan fingerprint density at radius 1 is 0.364 bits per heavy atom. The molecule has 5 nitrogen and oxygen atoms in total. The third-order valence-electron chi connectivity index (χ3n) is 14.0. The fourth-order valence-electron chi connectivity index (χ4n) is 10.7. The molecule has 11 aromatic rings. The van der Waals surface area contributed by atoms with Crippen LogP contribution in [0.4, 0.5) is 34.1 Å². The second kappa shape index (κ2) is 15.0. The summed E-state index contributed by atoms with van der Waals surface area (Å²) in [6.45, 7) is 9.19. The second-order valence-electron chi connectivity index (χ2n) is 18.6. The zero-order valence-electron chi connectivity index (χ0n) is 37.4. The Morgan fingerprint density at radius 2 is 0.803 bits per heavy atom. The summed E-state index contributed by atoms with van der Waals surface area (Å²) >= 11 is 0. The summed E-state index contributed by atoms with van der Waals surface area (Å²) in [5.74, 6) is 0. The fraction of sp³-hybridized carbons (Fsp3) is 0.0984. The van der Waals surface area contributed by atoms with Gasteiger partial charge in [-0.25, -0.2) is 0 Å². The van der Waals surface area contributed by atoms with E-state index in [-0.39, 0.29) is 10.8 Å². The van der Waals surface area contributed by atoms with Crippen LogP contribution in [0.25, 0.3) is 49.4 Å². The topological polar surface area (TPSA) is 41.6 Å². The number of aromatic nitrogens is 1. The lowest BCUT2D eigenvalue weighted by molar-refractivity contribution is 0.519. The Labute approximate surface area is 384 Å². The first kappa shape index (κ1) is 39.4. The molecule has 1 aliphatic carbocycles. The van der Waals surface area contributed by atoms with Crippen LogP contribution in [0.2, 0.25) is 0 Å². The number of fused-ring (bicyclic) bond motifs is 7. The molecular weight excluding hydrogens is 807 g/mol. The minimum absolute atomic E-state index is 0.00777. The molecule has 0 spiro atoms. The standard InChI is InChI=1S/C61H47N3O2/c1-60(2)51-32-29-46(37-52(51)61(3,4)54-39-58-50(38-53(54)60)59(65)47-27-17-18-28-57(47)66-58)64-55-33-30-44(62(40-19-9-5-10-20-40)41-21-11-6-12-22-41)35-48(55)49-36-45(31-34-56(49)64)63(42-23-13-7-14-24-42)43-25-15-8-16-26-43/h5-39H,1-4H3. The molecule has 0 N–H and O–H groups in total. The third kappa shape index (κ3) is 6.11. The molecule has 2 heterocycles. The maximum atomic E-state index is 13.9. The average Bonchev–Trinajstić information content (AvgIpc) is 3.68. The molecule has 0 atom stereocenters. The van der Waals surface area contributed by atoms with Gasteiger partial charge in [0, 0.05) is 61.4 Å². The normalized spacial score (nSPS) is 13.8. The Hall–Kier alpha value is -8.15. The Balaban J connectivity index is 1.09. The van der Waals surface area contributed by atoms with Gasteiger partial charge in [-0.05, 0) is 144 Å². The molecule has 0 amide bonds. The van der Waals surface area contributed by atoms with Crippen molar-refractivity contribution >= 4 is 77.9 Å². The minimum Gasteiger partial charge on any atom is -0.456 e. The second-order valence-corrected chi connectivity index (χ2v) is 18.6. The lowest BCUT2D eigenvalue weighted by atomic mass is 9.60. The monoisotopic (exact) mass is 853 g/mol. The number of rotatable bonds is 7. The van der Waals surface area contributed by atoms with Gasteiger partial charge in [-0.1, -0.05) is 119 Å². The first-order valence-electron chi connectivity index (χ1n) is 22.7. The number of hydrogen-bond acceptors (Lipinski definition) is 4. The number of hydrogen-bond donors (Lipinski definition) is 0. The van der Waals surface area contributed by atoms with Crippen LogP contribution in [0, 0.1) is 0 Å². The summed E-state index contributed by atoms with van der Waals surface area (Å²) in [4.78, 5) is 18.6. The van der Waals surface area contributed by atoms with E-state index in [0.29, 0.717) is 21.9 Å². The summed E-state index contributed by atoms with van der Waals surface area (Å²) in [5.41, 5.74) is 15.1. The Morgan fingerprint density at radius 3 is 1.32 bits per heavy atom. The highest BCUT2D eigenvalue weighted by Crippen LogP contribution is 2.52. The Kier molecular flexibility index (Phi) is 8.94. The van der Waals surface area contributed by atoms with E-state index in [0.717, 1.165) is 67.2 Å². The van der Waals surface area contributed by atoms with E-state index in [9.17, 15) is 4.79 Å². The van der Waals surface area contributed by atoms with Crippen molar-refractivity contribution in [3.05, 3.63) is 245 Å². The van der Waals surface area contributed by atoms with Gasteiger partial charge in [0.05, 0.1) is 21.8 Å². The first-order chi connectivity index (χ1) is 32.2. The van der Waals surface area contributed by atoms with Crippen LogP contribution >= 0.6 is 0 Å². The van der Waals surface area contributed by atoms with Crippen LogP contribution in [0.3, 0.4) is 0 Å². The van der Waals surface area contributed by atoms with Crippen LogP contribution in [0.15, 0.2) is 222 Å². The van der Waals surface area contributed by atoms with Crippen LogP contribution < -0.4 is 15.2 Å². The molecule has 318 valence electrons. The van der Waals surface area contributed by atoms with Crippen molar-refractivity contribution < 1.29 is 4.42 Å². The number of benzene rings is 9. The maximum absolute atomic E-state index is 13.9. The molecule has 66 heavy (non-hydrogen) atoms. The molecule has 1 aliphatic rings. The maximum Gasteiger partial charge on any atom is 0.200 e. The van der Waals surface area contributed by atoms with E-state index < -0.39 is 5.41 Å². The number of nitrogens with zero attached hydrogens (tertiary/aromatic N) is 3. The van der Waals surface area contributed by atoms with Crippen molar-refractivity contribution in [2.24, 2.45) is 0 Å². The average molecular weight is 854 g/mol. The predicted molar refractivity (Wildman–Crippen MR) is 274 cm³/mol. The van der Waals surface area contributed by atoms with E-state index in [1.165, 1.54) is 16.7 Å². The molecule has 0 bridgehead atoms. The lowest BCUT2D eigenvalue weighted by Gasteiger charge is -2.44. The molecule has 0 aliphatic heterocycles. The molecule has 0 saturated carbocycles. The third-order valence-corrected chi connectivity index (χ3v) is 14.0. The van der Waals surface area contributed by atoms with Gasteiger partial charge in [0.15, 0.2) is 0 Å². The van der Waals surface area contributed by atoms with Crippen LogP contribution in [0.5, 0.6) is 0 Å². The van der Waals surface area contributed by atoms with Crippen molar-refractivity contribution in [2.75, 3.05) is 9.80 Å². The highest BCUT2D eigenvalue weighted by molar-refractivity contribution is 6.12. The summed E-state index contributed by atoms with van der Waals surface area (Å²) in [7, 11) is 0. The van der Waals surface area contributed by atoms with Crippen molar-refractivity contribution in [3.63, 3.8) is 0 Å². The highest BCUT2D eigenvalue weighted by Gasteiger charge is 2.42. The summed E-state index contributed by atoms with van der Waals surface area (Å²) < 4.78 is 8.91. The van der Waals surface area contributed by atoms with E-state index in [2.05, 4.69) is 230 Å². The van der Waals surface area contributed by atoms with Gasteiger partial charge in [0.1, 0.15) is 11.2 Å². The van der Waals surface area contributed by atoms with Crippen molar-refractivity contribution in [1.29, 1.82) is 0 Å². The molecule has 0 saturated heterocycles. The smallest absolute Gasteiger partial charge is 0.200 e. The van der Waals surface area contributed by atoms with Crippen LogP contribution in [-0.2, 0) is 10.8 Å². The van der Waals surface area contributed by atoms with Gasteiger partial charge in [-0.3, -0.25) is 4.79 Å². The van der Waals surface area contributed by atoms with Crippen molar-refractivity contribution in [1.82, 2.24) is 4.57 Å². The summed E-state index contributed by atoms with van der Waals surface area (Å²) in [6.07, 6.45) is 0. The predicted octanol–water partition coefficient (Wildman–Crippen LogP) is 15.9. The largest absolute Gasteiger partial charge is 0.456 e. The molecule has 12 rings (SSSR count). The van der Waals surface area contributed by atoms with E-state index in [1.807, 2.05) is 24.3 Å². The molecular formula is C61H47N3O2. The van der Waals surface area contributed by atoms with Crippen molar-refractivity contribution in [3.8, 4) is 5.69 Å². The summed E-state index contributed by atoms with van der Waals surface area (Å²) in [5, 5.41) is 3.53. The molecule has 9 aromatic carbocycles. The molecule has 0 unspecified atom stereocenters. The number of para-hydroxylation sites is 5. The molecule has 0 radical (unpaired) electrons. The van der Waals surface area contributed by atoms with E-state index >= 15 is 0 Å². The molecule has 2 aromatic heterocycles. The SMILES string of the molecule is CC1(C)c2cc(-n3c4ccc(N(c5ccccc5)c5ccccc5)cc4c4cc(N(c5ccccc5)c5ccccc5)ccc43)ccc2C(C)(C)c2cc3c(=O)c4ccccc4oc3cc21. The quantitative estimate of drug-likeness (QED) is 0.150. The van der Waals surface area contributed by atoms with Crippen molar-refractivity contribution in [2.45, 2.75) is 38.5 Å².